The largest absolute Gasteiger partial charge is 0.371 e. The molecule has 2 saturated carbocycles. The van der Waals surface area contributed by atoms with Crippen molar-refractivity contribution in [1.82, 2.24) is 10.3 Å². The van der Waals surface area contributed by atoms with Crippen LogP contribution in [0.1, 0.15) is 51.4 Å². The molecule has 6 rings (SSSR count). The Morgan fingerprint density at radius 1 is 0.774 bits per heavy atom. The smallest absolute Gasteiger partial charge is 0.0465 e. The number of nitrogens with zero attached hydrogens (tertiary/aromatic N) is 1. The quantitative estimate of drug-likeness (QED) is 0.521. The third-order valence-corrected chi connectivity index (χ3v) is 8.15. The van der Waals surface area contributed by atoms with Crippen LogP contribution in [-0.4, -0.2) is 30.2 Å². The summed E-state index contributed by atoms with van der Waals surface area (Å²) in [6.45, 7) is 2.32. The van der Waals surface area contributed by atoms with Gasteiger partial charge in [-0.15, -0.1) is 0 Å². The summed E-state index contributed by atoms with van der Waals surface area (Å²) in [5, 5.41) is 5.36. The summed E-state index contributed by atoms with van der Waals surface area (Å²) in [6.07, 6.45) is 11.4. The maximum Gasteiger partial charge on any atom is 0.0465 e. The Bertz CT molecular complexity index is 984. The van der Waals surface area contributed by atoms with E-state index in [0.717, 1.165) is 31.0 Å². The number of rotatable bonds is 4. The first kappa shape index (κ1) is 19.4. The number of hydrogen-bond donors (Lipinski definition) is 2. The van der Waals surface area contributed by atoms with Gasteiger partial charge in [-0.05, 0) is 73.8 Å². The zero-order valence-electron chi connectivity index (χ0n) is 18.5. The predicted octanol–water partition coefficient (Wildman–Crippen LogP) is 6.36. The van der Waals surface area contributed by atoms with E-state index in [9.17, 15) is 0 Å². The van der Waals surface area contributed by atoms with Gasteiger partial charge in [0.2, 0.25) is 0 Å². The van der Waals surface area contributed by atoms with E-state index in [2.05, 4.69) is 69.8 Å². The molecule has 162 valence electrons. The molecule has 1 saturated heterocycles. The molecular weight excluding hydrogens is 378 g/mol. The lowest BCUT2D eigenvalue weighted by Gasteiger charge is -2.42. The molecule has 3 nitrogen and oxygen atoms in total. The SMILES string of the molecule is c1cc(-c2cc3ccccc3[nH]2)cc(N2CCC(N[C@@H]3C[C@@H]4CCC[C@@H](C4)C3)CC2)c1. The number of aromatic nitrogens is 1. The number of nitrogens with one attached hydrogen (secondary N) is 2. The van der Waals surface area contributed by atoms with Crippen molar-refractivity contribution in [3.8, 4) is 11.3 Å². The Balaban J connectivity index is 1.09. The Kier molecular flexibility index (Phi) is 5.23. The van der Waals surface area contributed by atoms with Crippen LogP contribution in [0.2, 0.25) is 0 Å². The Hall–Kier alpha value is -2.26. The van der Waals surface area contributed by atoms with E-state index >= 15 is 0 Å². The highest BCUT2D eigenvalue weighted by Crippen LogP contribution is 2.40. The highest BCUT2D eigenvalue weighted by atomic mass is 15.1. The van der Waals surface area contributed by atoms with Gasteiger partial charge in [-0.25, -0.2) is 0 Å². The highest BCUT2D eigenvalue weighted by molar-refractivity contribution is 5.86. The molecule has 2 bridgehead atoms. The second kappa shape index (κ2) is 8.35. The lowest BCUT2D eigenvalue weighted by atomic mass is 9.70. The van der Waals surface area contributed by atoms with Crippen molar-refractivity contribution in [3.63, 3.8) is 0 Å². The van der Waals surface area contributed by atoms with Crippen LogP contribution < -0.4 is 10.2 Å². The second-order valence-electron chi connectivity index (χ2n) is 10.3. The number of para-hydroxylation sites is 1. The van der Waals surface area contributed by atoms with Crippen LogP contribution in [0.25, 0.3) is 22.2 Å². The van der Waals surface area contributed by atoms with Crippen molar-refractivity contribution in [2.75, 3.05) is 18.0 Å². The molecule has 3 fully saturated rings. The van der Waals surface area contributed by atoms with Crippen molar-refractivity contribution in [2.24, 2.45) is 11.8 Å². The van der Waals surface area contributed by atoms with Gasteiger partial charge in [0.25, 0.3) is 0 Å². The van der Waals surface area contributed by atoms with Crippen LogP contribution in [0.15, 0.2) is 54.6 Å². The van der Waals surface area contributed by atoms with Gasteiger partial charge in [-0.3, -0.25) is 0 Å². The molecule has 2 aromatic carbocycles. The van der Waals surface area contributed by atoms with Crippen LogP contribution >= 0.6 is 0 Å². The number of anilines is 1. The van der Waals surface area contributed by atoms with Crippen molar-refractivity contribution >= 4 is 16.6 Å². The summed E-state index contributed by atoms with van der Waals surface area (Å²) in [4.78, 5) is 6.17. The highest BCUT2D eigenvalue weighted by Gasteiger charge is 2.33. The van der Waals surface area contributed by atoms with Gasteiger partial charge >= 0.3 is 0 Å². The fourth-order valence-electron chi connectivity index (χ4n) is 6.60. The minimum atomic E-state index is 0.706. The van der Waals surface area contributed by atoms with Gasteiger partial charge in [-0.2, -0.15) is 0 Å². The molecule has 2 aliphatic carbocycles. The maximum atomic E-state index is 4.08. The van der Waals surface area contributed by atoms with Crippen LogP contribution in [0, 0.1) is 11.8 Å². The molecule has 2 heterocycles. The molecule has 0 unspecified atom stereocenters. The van der Waals surface area contributed by atoms with Crippen LogP contribution in [0.3, 0.4) is 0 Å². The summed E-state index contributed by atoms with van der Waals surface area (Å²) in [7, 11) is 0. The number of piperidine rings is 1. The standard InChI is InChI=1S/C28H35N3/c1-2-10-27-23(7-1)19-28(30-27)22-8-4-9-26(18-22)31-13-11-24(12-14-31)29-25-16-20-5-3-6-21(15-20)17-25/h1-2,4,7-10,18-21,24-25,29-30H,3,5-6,11-17H2/t20-,21+,25-. The van der Waals surface area contributed by atoms with Gasteiger partial charge in [0.15, 0.2) is 0 Å². The fourth-order valence-corrected chi connectivity index (χ4v) is 6.60. The van der Waals surface area contributed by atoms with Crippen molar-refractivity contribution < 1.29 is 0 Å². The van der Waals surface area contributed by atoms with E-state index in [-0.39, 0.29) is 0 Å². The second-order valence-corrected chi connectivity index (χ2v) is 10.3. The molecule has 0 amide bonds. The van der Waals surface area contributed by atoms with Crippen molar-refractivity contribution in [3.05, 3.63) is 54.6 Å². The zero-order chi connectivity index (χ0) is 20.6. The molecule has 1 aliphatic heterocycles. The number of fused-ring (bicyclic) bond motifs is 3. The molecule has 3 heteroatoms. The molecule has 3 aromatic rings. The van der Waals surface area contributed by atoms with E-state index in [1.54, 1.807) is 0 Å². The number of H-pyrrole nitrogens is 1. The summed E-state index contributed by atoms with van der Waals surface area (Å²) in [5.74, 6) is 2.02. The molecule has 1 aromatic heterocycles. The minimum absolute atomic E-state index is 0.706. The molecule has 2 N–H and O–H groups in total. The third-order valence-electron chi connectivity index (χ3n) is 8.15. The van der Waals surface area contributed by atoms with Crippen LogP contribution in [0.5, 0.6) is 0 Å². The first-order valence-electron chi connectivity index (χ1n) is 12.5. The van der Waals surface area contributed by atoms with Gasteiger partial charge < -0.3 is 15.2 Å². The number of hydrogen-bond acceptors (Lipinski definition) is 2. The Morgan fingerprint density at radius 3 is 2.39 bits per heavy atom. The third kappa shape index (κ3) is 4.13. The molecule has 0 radical (unpaired) electrons. The van der Waals surface area contributed by atoms with E-state index in [0.29, 0.717) is 6.04 Å². The fraction of sp³-hybridized carbons (Fsp3) is 0.500. The lowest BCUT2D eigenvalue weighted by molar-refractivity contribution is 0.144. The molecule has 3 aliphatic rings. The summed E-state index contributed by atoms with van der Waals surface area (Å²) >= 11 is 0. The molecular formula is C28H35N3. The molecule has 31 heavy (non-hydrogen) atoms. The Labute approximate surface area is 186 Å². The number of benzene rings is 2. The minimum Gasteiger partial charge on any atom is -0.371 e. The average Bonchev–Trinajstić information content (AvgIpc) is 3.24. The van der Waals surface area contributed by atoms with Gasteiger partial charge in [-0.1, -0.05) is 49.6 Å². The van der Waals surface area contributed by atoms with Gasteiger partial charge in [0, 0.05) is 47.5 Å². The van der Waals surface area contributed by atoms with Crippen molar-refractivity contribution in [1.29, 1.82) is 0 Å². The topological polar surface area (TPSA) is 31.1 Å². The van der Waals surface area contributed by atoms with E-state index in [1.165, 1.54) is 79.2 Å². The van der Waals surface area contributed by atoms with E-state index in [1.807, 2.05) is 0 Å². The van der Waals surface area contributed by atoms with Gasteiger partial charge in [0.1, 0.15) is 0 Å². The van der Waals surface area contributed by atoms with Gasteiger partial charge in [0.05, 0.1) is 0 Å². The maximum absolute atomic E-state index is 4.08. The summed E-state index contributed by atoms with van der Waals surface area (Å²) in [5.41, 5.74) is 5.06. The monoisotopic (exact) mass is 413 g/mol. The average molecular weight is 414 g/mol. The van der Waals surface area contributed by atoms with E-state index < -0.39 is 0 Å². The van der Waals surface area contributed by atoms with Crippen LogP contribution in [-0.2, 0) is 0 Å². The first-order valence-corrected chi connectivity index (χ1v) is 12.5. The van der Waals surface area contributed by atoms with Crippen molar-refractivity contribution in [2.45, 2.75) is 63.5 Å². The first-order chi connectivity index (χ1) is 15.3. The summed E-state index contributed by atoms with van der Waals surface area (Å²) in [6, 6.07) is 21.4. The van der Waals surface area contributed by atoms with E-state index in [4.69, 9.17) is 0 Å². The normalized spacial score (nSPS) is 27.0. The molecule has 3 atom stereocenters. The zero-order valence-corrected chi connectivity index (χ0v) is 18.5. The Morgan fingerprint density at radius 2 is 1.58 bits per heavy atom. The predicted molar refractivity (Wildman–Crippen MR) is 131 cm³/mol. The number of aromatic amines is 1. The van der Waals surface area contributed by atoms with Crippen LogP contribution in [0.4, 0.5) is 5.69 Å². The lowest BCUT2D eigenvalue weighted by Crippen LogP contribution is -2.49. The summed E-state index contributed by atoms with van der Waals surface area (Å²) < 4.78 is 0. The molecule has 0 spiro atoms.